The number of benzene rings is 2. The van der Waals surface area contributed by atoms with Gasteiger partial charge in [-0.25, -0.2) is 4.79 Å². The molecule has 3 aromatic rings. The molecule has 1 aliphatic rings. The van der Waals surface area contributed by atoms with E-state index in [0.29, 0.717) is 43.7 Å². The fourth-order valence-corrected chi connectivity index (χ4v) is 3.92. The van der Waals surface area contributed by atoms with Gasteiger partial charge in [-0.15, -0.1) is 10.2 Å². The summed E-state index contributed by atoms with van der Waals surface area (Å²) in [6, 6.07) is 19.1. The van der Waals surface area contributed by atoms with E-state index < -0.39 is 0 Å². The zero-order chi connectivity index (χ0) is 21.5. The first kappa shape index (κ1) is 20.9. The Morgan fingerprint density at radius 1 is 0.903 bits per heavy atom. The van der Waals surface area contributed by atoms with Crippen LogP contribution in [0.1, 0.15) is 11.5 Å². The van der Waals surface area contributed by atoms with E-state index in [1.807, 2.05) is 60.7 Å². The van der Waals surface area contributed by atoms with Crippen LogP contribution in [0.5, 0.6) is 0 Å². The molecule has 31 heavy (non-hydrogen) atoms. The molecule has 1 saturated heterocycles. The summed E-state index contributed by atoms with van der Waals surface area (Å²) in [5.41, 5.74) is 1.85. The standard InChI is InChI=1S/C22H23N5O3S/c28-20(16-31-22-25-24-19(30-22)15-17-7-3-1-4-8-17)26-11-13-27(14-12-26)21(29)23-18-9-5-2-6-10-18/h1-10H,11-16H2,(H,23,29). The summed E-state index contributed by atoms with van der Waals surface area (Å²) in [5.74, 6) is 0.749. The lowest BCUT2D eigenvalue weighted by atomic mass is 10.2. The summed E-state index contributed by atoms with van der Waals surface area (Å²) in [6.07, 6.45) is 0.565. The van der Waals surface area contributed by atoms with E-state index in [0.717, 1.165) is 11.3 Å². The number of hydrogen-bond acceptors (Lipinski definition) is 6. The first-order chi connectivity index (χ1) is 15.2. The molecule has 8 nitrogen and oxygen atoms in total. The van der Waals surface area contributed by atoms with Crippen LogP contribution in [0.15, 0.2) is 70.3 Å². The monoisotopic (exact) mass is 437 g/mol. The second-order valence-corrected chi connectivity index (χ2v) is 8.00. The Bertz CT molecular complexity index is 1000. The largest absolute Gasteiger partial charge is 0.416 e. The Morgan fingerprint density at radius 3 is 2.26 bits per heavy atom. The highest BCUT2D eigenvalue weighted by molar-refractivity contribution is 7.99. The van der Waals surface area contributed by atoms with Gasteiger partial charge in [0, 0.05) is 31.9 Å². The molecule has 9 heteroatoms. The van der Waals surface area contributed by atoms with Crippen molar-refractivity contribution >= 4 is 29.4 Å². The molecule has 0 bridgehead atoms. The molecule has 1 aliphatic heterocycles. The molecule has 160 valence electrons. The van der Waals surface area contributed by atoms with Gasteiger partial charge in [-0.05, 0) is 17.7 Å². The van der Waals surface area contributed by atoms with Gasteiger partial charge in [-0.2, -0.15) is 0 Å². The van der Waals surface area contributed by atoms with Crippen LogP contribution in [-0.2, 0) is 11.2 Å². The molecular weight excluding hydrogens is 414 g/mol. The van der Waals surface area contributed by atoms with E-state index in [-0.39, 0.29) is 17.7 Å². The van der Waals surface area contributed by atoms with Crippen molar-refractivity contribution in [2.24, 2.45) is 0 Å². The average molecular weight is 438 g/mol. The predicted molar refractivity (Wildman–Crippen MR) is 118 cm³/mol. The number of amides is 3. The molecule has 0 atom stereocenters. The van der Waals surface area contributed by atoms with Gasteiger partial charge in [0.2, 0.25) is 11.8 Å². The van der Waals surface area contributed by atoms with Crippen molar-refractivity contribution in [2.75, 3.05) is 37.2 Å². The topological polar surface area (TPSA) is 91.6 Å². The Balaban J connectivity index is 1.20. The molecular formula is C22H23N5O3S. The normalized spacial score (nSPS) is 13.8. The zero-order valence-electron chi connectivity index (χ0n) is 16.9. The van der Waals surface area contributed by atoms with Gasteiger partial charge in [0.15, 0.2) is 0 Å². The summed E-state index contributed by atoms with van der Waals surface area (Å²) < 4.78 is 5.64. The first-order valence-corrected chi connectivity index (χ1v) is 11.0. The number of carbonyl (C=O) groups excluding carboxylic acids is 2. The van der Waals surface area contributed by atoms with Gasteiger partial charge >= 0.3 is 6.03 Å². The van der Waals surface area contributed by atoms with Crippen LogP contribution in [0.2, 0.25) is 0 Å². The molecule has 2 heterocycles. The van der Waals surface area contributed by atoms with Crippen LogP contribution < -0.4 is 5.32 Å². The number of nitrogens with one attached hydrogen (secondary N) is 1. The van der Waals surface area contributed by atoms with Crippen LogP contribution in [0.3, 0.4) is 0 Å². The average Bonchev–Trinajstić information content (AvgIpc) is 3.26. The van der Waals surface area contributed by atoms with Gasteiger partial charge in [0.1, 0.15) is 0 Å². The number of aromatic nitrogens is 2. The van der Waals surface area contributed by atoms with Crippen molar-refractivity contribution in [3.05, 3.63) is 72.1 Å². The van der Waals surface area contributed by atoms with Crippen molar-refractivity contribution in [3.8, 4) is 0 Å². The third-order valence-corrected chi connectivity index (χ3v) is 5.71. The lowest BCUT2D eigenvalue weighted by Crippen LogP contribution is -2.52. The number of hydrogen-bond donors (Lipinski definition) is 1. The highest BCUT2D eigenvalue weighted by Crippen LogP contribution is 2.19. The van der Waals surface area contributed by atoms with Crippen LogP contribution in [0.4, 0.5) is 10.5 Å². The summed E-state index contributed by atoms with van der Waals surface area (Å²) in [6.45, 7) is 2.00. The highest BCUT2D eigenvalue weighted by Gasteiger charge is 2.24. The number of thioether (sulfide) groups is 1. The van der Waals surface area contributed by atoms with Crippen molar-refractivity contribution < 1.29 is 14.0 Å². The molecule has 1 aromatic heterocycles. The van der Waals surface area contributed by atoms with Crippen molar-refractivity contribution in [1.82, 2.24) is 20.0 Å². The van der Waals surface area contributed by atoms with Gasteiger partial charge < -0.3 is 19.5 Å². The maximum absolute atomic E-state index is 12.5. The smallest absolute Gasteiger partial charge is 0.321 e. The number of carbonyl (C=O) groups is 2. The Kier molecular flexibility index (Phi) is 6.83. The van der Waals surface area contributed by atoms with Gasteiger partial charge in [-0.3, -0.25) is 4.79 Å². The zero-order valence-corrected chi connectivity index (χ0v) is 17.8. The third kappa shape index (κ3) is 5.85. The van der Waals surface area contributed by atoms with E-state index in [9.17, 15) is 9.59 Å². The van der Waals surface area contributed by atoms with E-state index in [2.05, 4.69) is 15.5 Å². The molecule has 0 aliphatic carbocycles. The van der Waals surface area contributed by atoms with Crippen LogP contribution in [0.25, 0.3) is 0 Å². The first-order valence-electron chi connectivity index (χ1n) is 10.1. The number of nitrogens with zero attached hydrogens (tertiary/aromatic N) is 4. The third-order valence-electron chi connectivity index (χ3n) is 4.91. The minimum absolute atomic E-state index is 0.00377. The molecule has 0 saturated carbocycles. The van der Waals surface area contributed by atoms with Crippen LogP contribution in [0, 0.1) is 0 Å². The second kappa shape index (κ2) is 10.1. The lowest BCUT2D eigenvalue weighted by Gasteiger charge is -2.34. The molecule has 1 N–H and O–H groups in total. The van der Waals surface area contributed by atoms with Gasteiger partial charge in [0.25, 0.3) is 5.22 Å². The fourth-order valence-electron chi connectivity index (χ4n) is 3.24. The van der Waals surface area contributed by atoms with E-state index in [1.54, 1.807) is 9.80 Å². The molecule has 0 radical (unpaired) electrons. The molecule has 3 amide bonds. The predicted octanol–water partition coefficient (Wildman–Crippen LogP) is 3.13. The Hall–Kier alpha value is -3.33. The maximum atomic E-state index is 12.5. The van der Waals surface area contributed by atoms with Crippen LogP contribution in [-0.4, -0.2) is 63.9 Å². The Labute approximate surface area is 184 Å². The fraction of sp³-hybridized carbons (Fsp3) is 0.273. The SMILES string of the molecule is O=C(CSc1nnc(Cc2ccccc2)o1)N1CCN(C(=O)Nc2ccccc2)CC1. The van der Waals surface area contributed by atoms with Crippen molar-refractivity contribution in [3.63, 3.8) is 0 Å². The van der Waals surface area contributed by atoms with Crippen molar-refractivity contribution in [1.29, 1.82) is 0 Å². The van der Waals surface area contributed by atoms with E-state index in [1.165, 1.54) is 11.8 Å². The van der Waals surface area contributed by atoms with Crippen LogP contribution >= 0.6 is 11.8 Å². The number of piperazine rings is 1. The maximum Gasteiger partial charge on any atom is 0.321 e. The second-order valence-electron chi connectivity index (χ2n) is 7.08. The number of para-hydroxylation sites is 1. The number of urea groups is 1. The Morgan fingerprint density at radius 2 is 1.55 bits per heavy atom. The summed E-state index contributed by atoms with van der Waals surface area (Å²) in [4.78, 5) is 28.4. The highest BCUT2D eigenvalue weighted by atomic mass is 32.2. The quantitative estimate of drug-likeness (QED) is 0.596. The van der Waals surface area contributed by atoms with Crippen molar-refractivity contribution in [2.45, 2.75) is 11.6 Å². The summed E-state index contributed by atoms with van der Waals surface area (Å²) >= 11 is 1.24. The van der Waals surface area contributed by atoms with E-state index >= 15 is 0 Å². The summed E-state index contributed by atoms with van der Waals surface area (Å²) in [5, 5.41) is 11.3. The lowest BCUT2D eigenvalue weighted by molar-refractivity contribution is -0.129. The molecule has 2 aromatic carbocycles. The van der Waals surface area contributed by atoms with Gasteiger partial charge in [0.05, 0.1) is 12.2 Å². The minimum atomic E-state index is -0.149. The minimum Gasteiger partial charge on any atom is -0.416 e. The van der Waals surface area contributed by atoms with E-state index in [4.69, 9.17) is 4.42 Å². The molecule has 0 spiro atoms. The number of rotatable bonds is 6. The molecule has 4 rings (SSSR count). The molecule has 1 fully saturated rings. The van der Waals surface area contributed by atoms with Gasteiger partial charge in [-0.1, -0.05) is 60.3 Å². The summed E-state index contributed by atoms with van der Waals surface area (Å²) in [7, 11) is 0. The molecule has 0 unspecified atom stereocenters. The number of anilines is 1.